The lowest BCUT2D eigenvalue weighted by molar-refractivity contribution is -0.742. The first kappa shape index (κ1) is 29.4. The Morgan fingerprint density at radius 1 is 0.933 bits per heavy atom. The van der Waals surface area contributed by atoms with Crippen molar-refractivity contribution in [3.8, 4) is 0 Å². The Kier molecular flexibility index (Phi) is 58.8. The number of nitro groups is 2. The standard InChI is InChI=1S/2H2N2O2.HNO3.H3NO.H3N/c2*1-2(3)4;2-1(3)4;1-2;/h2*1H2;(H,2,3,4);1H3;1H3. The number of rotatable bonds is 0. The van der Waals surface area contributed by atoms with E-state index in [-0.39, 0.29) is 6.15 Å². The Labute approximate surface area is 80.9 Å². The quantitative estimate of drug-likeness (QED) is 0.158. The van der Waals surface area contributed by atoms with Crippen LogP contribution in [0, 0.1) is 35.6 Å². The summed E-state index contributed by atoms with van der Waals surface area (Å²) in [5.41, 5.74) is 0. The number of nitrogens with two attached hydrogens (primary N) is 2. The molecule has 0 heterocycles. The molecule has 0 radical (unpaired) electrons. The van der Waals surface area contributed by atoms with Crippen molar-refractivity contribution in [1.29, 1.82) is 0 Å². The summed E-state index contributed by atoms with van der Waals surface area (Å²) in [5, 5.41) is 36.8. The van der Waals surface area contributed by atoms with Crippen LogP contribution in [0.2, 0.25) is 0 Å². The molecule has 0 saturated heterocycles. The van der Waals surface area contributed by atoms with E-state index in [4.69, 9.17) is 40.8 Å². The molecule has 15 heteroatoms. The lowest BCUT2D eigenvalue weighted by atomic mass is 12.8. The van der Waals surface area contributed by atoms with Gasteiger partial charge in [0, 0.05) is 0 Å². The van der Waals surface area contributed by atoms with Gasteiger partial charge in [-0.15, -0.1) is 10.1 Å². The van der Waals surface area contributed by atoms with Gasteiger partial charge < -0.3 is 22.5 Å². The second-order valence-corrected chi connectivity index (χ2v) is 0.809. The van der Waals surface area contributed by atoms with Gasteiger partial charge in [0.1, 0.15) is 0 Å². The third-order valence-electron chi connectivity index (χ3n) is 0. The zero-order chi connectivity index (χ0) is 12.7. The fourth-order valence-corrected chi connectivity index (χ4v) is 0. The van der Waals surface area contributed by atoms with Crippen LogP contribution in [0.5, 0.6) is 0 Å². The zero-order valence-electron chi connectivity index (χ0n) is 7.22. The molecule has 0 aliphatic rings. The molecule has 0 aliphatic heterocycles. The van der Waals surface area contributed by atoms with E-state index in [1.807, 2.05) is 5.90 Å². The normalized spacial score (nSPS) is 5.20. The first-order valence-corrected chi connectivity index (χ1v) is 2.10. The summed E-state index contributed by atoms with van der Waals surface area (Å²) in [6.45, 7) is 0. The smallest absolute Gasteiger partial charge is 0.291 e. The molecule has 0 aromatic rings. The minimum absolute atomic E-state index is 0. The number of hydrogen-bond donors (Lipinski definition) is 5. The van der Waals surface area contributed by atoms with Gasteiger partial charge in [0.25, 0.3) is 5.09 Å². The van der Waals surface area contributed by atoms with E-state index in [0.29, 0.717) is 0 Å². The van der Waals surface area contributed by atoms with E-state index in [1.165, 1.54) is 0 Å². The van der Waals surface area contributed by atoms with Crippen molar-refractivity contribution in [1.82, 2.24) is 6.15 Å². The maximum Gasteiger partial charge on any atom is 0.291 e. The van der Waals surface area contributed by atoms with Crippen molar-refractivity contribution in [2.24, 2.45) is 11.7 Å². The Bertz CT molecular complexity index is 113. The van der Waals surface area contributed by atoms with E-state index < -0.39 is 15.2 Å². The first-order valence-electron chi connectivity index (χ1n) is 2.10. The molecule has 0 aromatic carbocycles. The summed E-state index contributed by atoms with van der Waals surface area (Å²) in [6, 6.07) is 0. The van der Waals surface area contributed by atoms with Crippen LogP contribution in [0.1, 0.15) is 0 Å². The highest BCUT2D eigenvalue weighted by Gasteiger charge is 1.65. The molecule has 0 fully saturated rings. The predicted molar refractivity (Wildman–Crippen MR) is 42.4 cm³/mol. The van der Waals surface area contributed by atoms with Crippen LogP contribution in [0.15, 0.2) is 0 Å². The lowest BCUT2D eigenvalue weighted by Gasteiger charge is -1.61. The Balaban J connectivity index is -0.0000000298. The monoisotopic (exact) mass is 237 g/mol. The van der Waals surface area contributed by atoms with Gasteiger partial charge in [-0.05, 0) is 0 Å². The summed E-state index contributed by atoms with van der Waals surface area (Å²) in [4.78, 5) is 25.5. The van der Waals surface area contributed by atoms with Crippen LogP contribution in [-0.2, 0) is 0 Å². The SMILES string of the molecule is N.N[N+](=O)[O-].N[N+](=O)[O-].O=[N+]([O-])O.[NH3+][O-]. The maximum absolute atomic E-state index is 8.58. The van der Waals surface area contributed by atoms with Gasteiger partial charge in [-0.2, -0.15) is 11.7 Å². The third-order valence-corrected chi connectivity index (χ3v) is 0. The van der Waals surface area contributed by atoms with Gasteiger partial charge in [-0.25, -0.2) is 20.2 Å². The highest BCUT2D eigenvalue weighted by atomic mass is 16.9. The molecule has 0 bridgehead atoms. The number of nitrogens with zero attached hydrogens (tertiary/aromatic N) is 3. The topological polar surface area (TPSA) is 287 Å². The molecule has 15 nitrogen and oxygen atoms in total. The van der Waals surface area contributed by atoms with E-state index in [0.717, 1.165) is 0 Å². The molecule has 0 atom stereocenters. The fourth-order valence-electron chi connectivity index (χ4n) is 0. The van der Waals surface area contributed by atoms with Crippen molar-refractivity contribution in [3.63, 3.8) is 0 Å². The average molecular weight is 237 g/mol. The van der Waals surface area contributed by atoms with E-state index >= 15 is 0 Å². The summed E-state index contributed by atoms with van der Waals surface area (Å²) in [6.07, 6.45) is 0. The van der Waals surface area contributed by atoms with Gasteiger partial charge in [-0.3, -0.25) is 0 Å². The van der Waals surface area contributed by atoms with Crippen molar-refractivity contribution in [2.75, 3.05) is 0 Å². The summed E-state index contributed by atoms with van der Waals surface area (Å²) < 4.78 is 0. The van der Waals surface area contributed by atoms with Gasteiger partial charge in [0.05, 0.1) is 0 Å². The summed E-state index contributed by atoms with van der Waals surface area (Å²) in [5.74, 6) is 9.67. The second-order valence-electron chi connectivity index (χ2n) is 0.809. The van der Waals surface area contributed by atoms with E-state index in [9.17, 15) is 0 Å². The summed E-state index contributed by atoms with van der Waals surface area (Å²) in [7, 11) is 0. The van der Waals surface area contributed by atoms with E-state index in [1.54, 1.807) is 0 Å². The largest absolute Gasteiger partial charge is 0.637 e. The molecule has 94 valence electrons. The van der Waals surface area contributed by atoms with Gasteiger partial charge in [0.2, 0.25) is 0 Å². The Morgan fingerprint density at radius 2 is 0.933 bits per heavy atom. The summed E-state index contributed by atoms with van der Waals surface area (Å²) >= 11 is 0. The van der Waals surface area contributed by atoms with Crippen LogP contribution in [0.4, 0.5) is 0 Å². The second kappa shape index (κ2) is 30.0. The Hall–Kier alpha value is -2.52. The molecule has 15 heavy (non-hydrogen) atoms. The van der Waals surface area contributed by atoms with Gasteiger partial charge in [-0.1, -0.05) is 0 Å². The number of quaternary nitrogens is 1. The Morgan fingerprint density at radius 3 is 0.933 bits per heavy atom. The third kappa shape index (κ3) is 162. The first-order chi connectivity index (χ1) is 6.20. The van der Waals surface area contributed by atoms with Crippen molar-refractivity contribution < 1.29 is 26.3 Å². The number of hydrogen-bond acceptors (Lipinski definition) is 8. The van der Waals surface area contributed by atoms with Crippen molar-refractivity contribution in [3.05, 3.63) is 35.6 Å². The molecule has 0 amide bonds. The molecule has 0 aromatic heterocycles. The molecule has 0 spiro atoms. The van der Waals surface area contributed by atoms with E-state index in [2.05, 4.69) is 11.7 Å². The molecular weight excluding hydrogens is 226 g/mol. The molecule has 0 aliphatic carbocycles. The van der Waals surface area contributed by atoms with Crippen molar-refractivity contribution in [2.45, 2.75) is 0 Å². The number of hydrazine groups is 2. The fraction of sp³-hybridized carbons (Fsp3) is 0. The molecule has 0 rings (SSSR count). The average Bonchev–Trinajstić information content (AvgIpc) is 1.86. The maximum atomic E-state index is 8.58. The van der Waals surface area contributed by atoms with Crippen LogP contribution in [0.25, 0.3) is 0 Å². The zero-order valence-corrected chi connectivity index (χ0v) is 7.22. The van der Waals surface area contributed by atoms with Crippen molar-refractivity contribution >= 4 is 0 Å². The highest BCUT2D eigenvalue weighted by Crippen LogP contribution is 1.38. The minimum Gasteiger partial charge on any atom is -0.637 e. The van der Waals surface area contributed by atoms with Gasteiger partial charge >= 0.3 is 0 Å². The van der Waals surface area contributed by atoms with Crippen LogP contribution in [-0.4, -0.2) is 20.4 Å². The van der Waals surface area contributed by atoms with Crippen LogP contribution in [0.3, 0.4) is 0 Å². The van der Waals surface area contributed by atoms with Gasteiger partial charge in [0.15, 0.2) is 10.1 Å². The molecule has 0 unspecified atom stereocenters. The predicted octanol–water partition coefficient (Wildman–Crippen LogP) is -3.19. The molecule has 11 N–H and O–H groups in total. The minimum atomic E-state index is -1.50. The van der Waals surface area contributed by atoms with Crippen LogP contribution >= 0.6 is 0 Å². The highest BCUT2D eigenvalue weighted by molar-refractivity contribution is 3.87. The lowest BCUT2D eigenvalue weighted by Crippen LogP contribution is -2.37. The molecule has 0 saturated carbocycles. The molecular formula is H11N7O8. The van der Waals surface area contributed by atoms with Crippen LogP contribution < -0.4 is 23.7 Å².